The topological polar surface area (TPSA) is 38.1 Å². The first kappa shape index (κ1) is 13.6. The average molecular weight is 330 g/mol. The van der Waals surface area contributed by atoms with Gasteiger partial charge >= 0.3 is 0 Å². The molecule has 0 atom stereocenters. The van der Waals surface area contributed by atoms with Crippen molar-refractivity contribution in [3.05, 3.63) is 50.6 Å². The molecule has 96 valence electrons. The van der Waals surface area contributed by atoms with Gasteiger partial charge in [0.15, 0.2) is 0 Å². The van der Waals surface area contributed by atoms with Gasteiger partial charge in [-0.1, -0.05) is 33.6 Å². The van der Waals surface area contributed by atoms with Crippen molar-refractivity contribution in [1.82, 2.24) is 10.3 Å². The Kier molecular flexibility index (Phi) is 4.43. The fraction of sp³-hybridized carbons (Fsp3) is 0.308. The number of nitrogens with one attached hydrogen (secondary N) is 1. The van der Waals surface area contributed by atoms with Gasteiger partial charge in [0.25, 0.3) is 0 Å². The van der Waals surface area contributed by atoms with Gasteiger partial charge in [-0.15, -0.1) is 0 Å². The standard InChI is InChI=1S/C13H14BrClN2O/c1-8-9(2)18-13(17-8)7-16-6-10-3-4-11(14)5-12(10)15/h3-5,16H,6-7H2,1-2H3. The number of hydrogen-bond donors (Lipinski definition) is 1. The van der Waals surface area contributed by atoms with Crippen molar-refractivity contribution in [2.75, 3.05) is 0 Å². The van der Waals surface area contributed by atoms with Crippen LogP contribution in [0.4, 0.5) is 0 Å². The number of rotatable bonds is 4. The van der Waals surface area contributed by atoms with Crippen molar-refractivity contribution in [2.24, 2.45) is 0 Å². The SMILES string of the molecule is Cc1nc(CNCc2ccc(Br)cc2Cl)oc1C. The molecule has 2 rings (SSSR count). The molecular weight excluding hydrogens is 316 g/mol. The Morgan fingerprint density at radius 2 is 2.11 bits per heavy atom. The van der Waals surface area contributed by atoms with E-state index in [0.29, 0.717) is 19.0 Å². The zero-order chi connectivity index (χ0) is 13.1. The molecule has 0 spiro atoms. The van der Waals surface area contributed by atoms with Gasteiger partial charge in [0.1, 0.15) is 5.76 Å². The van der Waals surface area contributed by atoms with E-state index in [1.807, 2.05) is 32.0 Å². The summed E-state index contributed by atoms with van der Waals surface area (Å²) in [5, 5.41) is 4.01. The van der Waals surface area contributed by atoms with Crippen LogP contribution in [0.2, 0.25) is 5.02 Å². The highest BCUT2D eigenvalue weighted by atomic mass is 79.9. The second kappa shape index (κ2) is 5.87. The Morgan fingerprint density at radius 1 is 1.33 bits per heavy atom. The van der Waals surface area contributed by atoms with Crippen molar-refractivity contribution in [3.63, 3.8) is 0 Å². The van der Waals surface area contributed by atoms with Crippen LogP contribution in [0.15, 0.2) is 27.1 Å². The number of halogens is 2. The van der Waals surface area contributed by atoms with Crippen LogP contribution in [-0.2, 0) is 13.1 Å². The molecule has 0 fully saturated rings. The first-order valence-corrected chi connectivity index (χ1v) is 6.81. The molecule has 0 aliphatic rings. The van der Waals surface area contributed by atoms with Crippen LogP contribution in [0, 0.1) is 13.8 Å². The van der Waals surface area contributed by atoms with E-state index < -0.39 is 0 Å². The fourth-order valence-corrected chi connectivity index (χ4v) is 2.32. The van der Waals surface area contributed by atoms with Gasteiger partial charge in [-0.25, -0.2) is 4.98 Å². The number of aryl methyl sites for hydroxylation is 2. The highest BCUT2D eigenvalue weighted by Gasteiger charge is 2.05. The number of nitrogens with zero attached hydrogens (tertiary/aromatic N) is 1. The number of benzene rings is 1. The maximum absolute atomic E-state index is 6.13. The van der Waals surface area contributed by atoms with E-state index in [1.165, 1.54) is 0 Å². The lowest BCUT2D eigenvalue weighted by Gasteiger charge is -2.05. The van der Waals surface area contributed by atoms with Crippen LogP contribution in [0.25, 0.3) is 0 Å². The van der Waals surface area contributed by atoms with Crippen LogP contribution in [0.3, 0.4) is 0 Å². The Bertz CT molecular complexity index is 534. The minimum absolute atomic E-state index is 0.598. The van der Waals surface area contributed by atoms with Gasteiger partial charge in [-0.2, -0.15) is 0 Å². The molecule has 0 saturated heterocycles. The van der Waals surface area contributed by atoms with Crippen LogP contribution in [0.5, 0.6) is 0 Å². The molecule has 1 N–H and O–H groups in total. The molecular formula is C13H14BrClN2O. The van der Waals surface area contributed by atoms with Gasteiger partial charge in [-0.3, -0.25) is 0 Å². The van der Waals surface area contributed by atoms with E-state index in [-0.39, 0.29) is 0 Å². The van der Waals surface area contributed by atoms with Crippen molar-refractivity contribution in [3.8, 4) is 0 Å². The van der Waals surface area contributed by atoms with Crippen molar-refractivity contribution in [2.45, 2.75) is 26.9 Å². The van der Waals surface area contributed by atoms with E-state index in [4.69, 9.17) is 16.0 Å². The molecule has 0 radical (unpaired) electrons. The minimum Gasteiger partial charge on any atom is -0.444 e. The normalized spacial score (nSPS) is 10.9. The second-order valence-corrected chi connectivity index (χ2v) is 5.41. The van der Waals surface area contributed by atoms with Gasteiger partial charge in [0.2, 0.25) is 5.89 Å². The third-order valence-corrected chi connectivity index (χ3v) is 3.52. The van der Waals surface area contributed by atoms with Gasteiger partial charge in [0.05, 0.1) is 12.2 Å². The summed E-state index contributed by atoms with van der Waals surface area (Å²) in [4.78, 5) is 4.31. The number of aromatic nitrogens is 1. The Morgan fingerprint density at radius 3 is 2.72 bits per heavy atom. The monoisotopic (exact) mass is 328 g/mol. The lowest BCUT2D eigenvalue weighted by molar-refractivity contribution is 0.448. The molecule has 0 aliphatic heterocycles. The lowest BCUT2D eigenvalue weighted by Crippen LogP contribution is -2.13. The summed E-state index contributed by atoms with van der Waals surface area (Å²) < 4.78 is 6.47. The third-order valence-electron chi connectivity index (χ3n) is 2.68. The predicted octanol–water partition coefficient (Wildman–Crippen LogP) is 4.00. The number of oxazole rings is 1. The summed E-state index contributed by atoms with van der Waals surface area (Å²) >= 11 is 9.51. The molecule has 1 aromatic carbocycles. The van der Waals surface area contributed by atoms with Crippen LogP contribution in [-0.4, -0.2) is 4.98 Å². The van der Waals surface area contributed by atoms with Gasteiger partial charge in [-0.05, 0) is 31.5 Å². The zero-order valence-electron chi connectivity index (χ0n) is 10.3. The zero-order valence-corrected chi connectivity index (χ0v) is 12.6. The van der Waals surface area contributed by atoms with E-state index in [9.17, 15) is 0 Å². The smallest absolute Gasteiger partial charge is 0.208 e. The van der Waals surface area contributed by atoms with Crippen LogP contribution < -0.4 is 5.32 Å². The molecule has 2 aromatic rings. The summed E-state index contributed by atoms with van der Waals surface area (Å²) in [6.07, 6.45) is 0. The first-order chi connectivity index (χ1) is 8.56. The predicted molar refractivity (Wildman–Crippen MR) is 75.7 cm³/mol. The third kappa shape index (κ3) is 3.34. The summed E-state index contributed by atoms with van der Waals surface area (Å²) in [5.41, 5.74) is 1.99. The lowest BCUT2D eigenvalue weighted by atomic mass is 10.2. The molecule has 5 heteroatoms. The molecule has 0 amide bonds. The summed E-state index contributed by atoms with van der Waals surface area (Å²) in [6.45, 7) is 5.14. The van der Waals surface area contributed by atoms with Crippen LogP contribution in [0.1, 0.15) is 22.9 Å². The van der Waals surface area contributed by atoms with Crippen molar-refractivity contribution >= 4 is 27.5 Å². The largest absolute Gasteiger partial charge is 0.444 e. The van der Waals surface area contributed by atoms with Crippen molar-refractivity contribution in [1.29, 1.82) is 0 Å². The summed E-state index contributed by atoms with van der Waals surface area (Å²) in [7, 11) is 0. The molecule has 0 bridgehead atoms. The quantitative estimate of drug-likeness (QED) is 0.921. The highest BCUT2D eigenvalue weighted by molar-refractivity contribution is 9.10. The Balaban J connectivity index is 1.92. The van der Waals surface area contributed by atoms with E-state index in [2.05, 4.69) is 26.2 Å². The van der Waals surface area contributed by atoms with Crippen LogP contribution >= 0.6 is 27.5 Å². The van der Waals surface area contributed by atoms with Gasteiger partial charge in [0, 0.05) is 16.0 Å². The Labute approximate surface area is 120 Å². The van der Waals surface area contributed by atoms with E-state index >= 15 is 0 Å². The van der Waals surface area contributed by atoms with E-state index in [1.54, 1.807) is 0 Å². The maximum atomic E-state index is 6.13. The highest BCUT2D eigenvalue weighted by Crippen LogP contribution is 2.21. The Hall–Kier alpha value is -0.840. The number of hydrogen-bond acceptors (Lipinski definition) is 3. The molecule has 1 heterocycles. The summed E-state index contributed by atoms with van der Waals surface area (Å²) in [5.74, 6) is 1.58. The molecule has 0 saturated carbocycles. The average Bonchev–Trinajstić information content (AvgIpc) is 2.61. The molecule has 18 heavy (non-hydrogen) atoms. The summed E-state index contributed by atoms with van der Waals surface area (Å²) in [6, 6.07) is 5.85. The molecule has 0 aliphatic carbocycles. The first-order valence-electron chi connectivity index (χ1n) is 5.64. The molecule has 3 nitrogen and oxygen atoms in total. The molecule has 0 unspecified atom stereocenters. The van der Waals surface area contributed by atoms with Gasteiger partial charge < -0.3 is 9.73 Å². The maximum Gasteiger partial charge on any atom is 0.208 e. The van der Waals surface area contributed by atoms with E-state index in [0.717, 1.165) is 26.5 Å². The van der Waals surface area contributed by atoms with Crippen molar-refractivity contribution < 1.29 is 4.42 Å². The second-order valence-electron chi connectivity index (χ2n) is 4.09. The fourth-order valence-electron chi connectivity index (χ4n) is 1.58. The molecule has 1 aromatic heterocycles. The minimum atomic E-state index is 0.598.